The van der Waals surface area contributed by atoms with Crippen LogP contribution in [0.2, 0.25) is 0 Å². The molecule has 126 valence electrons. The maximum absolute atomic E-state index is 11.9. The number of nitrogens with zero attached hydrogens (tertiary/aromatic N) is 1. The van der Waals surface area contributed by atoms with Crippen molar-refractivity contribution in [2.24, 2.45) is 0 Å². The lowest BCUT2D eigenvalue weighted by Crippen LogP contribution is -2.37. The molecule has 0 rings (SSSR count). The molecule has 0 spiro atoms. The molecule has 0 bridgehead atoms. The summed E-state index contributed by atoms with van der Waals surface area (Å²) in [4.78, 5) is 13.9. The van der Waals surface area contributed by atoms with Gasteiger partial charge in [-0.1, -0.05) is 6.92 Å². The number of methoxy groups -OCH3 is 2. The van der Waals surface area contributed by atoms with Gasteiger partial charge in [0.15, 0.2) is 0 Å². The third-order valence-corrected chi connectivity index (χ3v) is 4.37. The Hall–Kier alpha value is -0.300. The van der Waals surface area contributed by atoms with Crippen LogP contribution >= 0.6 is 11.8 Å². The molecule has 0 aliphatic heterocycles. The summed E-state index contributed by atoms with van der Waals surface area (Å²) in [5.41, 5.74) is 0. The van der Waals surface area contributed by atoms with Crippen LogP contribution in [-0.2, 0) is 19.0 Å². The Morgan fingerprint density at radius 1 is 1.14 bits per heavy atom. The second-order valence-electron chi connectivity index (χ2n) is 5.53. The Morgan fingerprint density at radius 2 is 1.71 bits per heavy atom. The van der Waals surface area contributed by atoms with Crippen LogP contribution in [0.3, 0.4) is 0 Å². The molecular formula is C15H31NO4S. The number of carbonyl (C=O) groups is 1. The van der Waals surface area contributed by atoms with Gasteiger partial charge in [0.05, 0.1) is 19.8 Å². The van der Waals surface area contributed by atoms with Gasteiger partial charge in [0.1, 0.15) is 6.61 Å². The van der Waals surface area contributed by atoms with Crippen LogP contribution < -0.4 is 0 Å². The molecule has 0 aliphatic rings. The minimum Gasteiger partial charge on any atom is -0.463 e. The van der Waals surface area contributed by atoms with Crippen molar-refractivity contribution < 1.29 is 19.0 Å². The molecule has 0 radical (unpaired) electrons. The van der Waals surface area contributed by atoms with Crippen LogP contribution in [0, 0.1) is 0 Å². The molecule has 0 amide bonds. The molecular weight excluding hydrogens is 290 g/mol. The Morgan fingerprint density at radius 3 is 2.19 bits per heavy atom. The summed E-state index contributed by atoms with van der Waals surface area (Å²) >= 11 is 1.84. The van der Waals surface area contributed by atoms with Crippen LogP contribution in [0.25, 0.3) is 0 Å². The SMILES string of the molecule is CCCSC(C)(C)COC(=O)CN(CCOC)CCOC. The molecule has 0 saturated carbocycles. The van der Waals surface area contributed by atoms with E-state index in [9.17, 15) is 4.79 Å². The fourth-order valence-electron chi connectivity index (χ4n) is 1.61. The van der Waals surface area contributed by atoms with Crippen LogP contribution in [0.4, 0.5) is 0 Å². The predicted octanol–water partition coefficient (Wildman–Crippen LogP) is 2.05. The molecule has 0 atom stereocenters. The molecule has 0 saturated heterocycles. The smallest absolute Gasteiger partial charge is 0.320 e. The average molecular weight is 321 g/mol. The van der Waals surface area contributed by atoms with Gasteiger partial charge in [-0.15, -0.1) is 0 Å². The molecule has 0 aliphatic carbocycles. The number of carbonyl (C=O) groups excluding carboxylic acids is 1. The summed E-state index contributed by atoms with van der Waals surface area (Å²) in [6.45, 7) is 9.66. The highest BCUT2D eigenvalue weighted by Gasteiger charge is 2.21. The summed E-state index contributed by atoms with van der Waals surface area (Å²) in [6.07, 6.45) is 1.13. The minimum atomic E-state index is -0.188. The Kier molecular flexibility index (Phi) is 12.1. The summed E-state index contributed by atoms with van der Waals surface area (Å²) in [7, 11) is 3.31. The zero-order valence-electron chi connectivity index (χ0n) is 14.1. The van der Waals surface area contributed by atoms with Crippen LogP contribution in [0.15, 0.2) is 0 Å². The molecule has 21 heavy (non-hydrogen) atoms. The molecule has 0 N–H and O–H groups in total. The van der Waals surface area contributed by atoms with Crippen molar-refractivity contribution in [2.45, 2.75) is 31.9 Å². The van der Waals surface area contributed by atoms with Gasteiger partial charge in [0, 0.05) is 32.1 Å². The zero-order valence-corrected chi connectivity index (χ0v) is 15.0. The first-order valence-electron chi connectivity index (χ1n) is 7.45. The molecule has 0 aromatic carbocycles. The molecule has 0 aromatic rings. The van der Waals surface area contributed by atoms with E-state index in [-0.39, 0.29) is 17.3 Å². The Labute approximate surface area is 133 Å². The number of rotatable bonds is 13. The van der Waals surface area contributed by atoms with Gasteiger partial charge < -0.3 is 14.2 Å². The third-order valence-electron chi connectivity index (χ3n) is 2.85. The van der Waals surface area contributed by atoms with E-state index in [4.69, 9.17) is 14.2 Å². The molecule has 0 fully saturated rings. The maximum atomic E-state index is 11.9. The molecule has 6 heteroatoms. The van der Waals surface area contributed by atoms with E-state index < -0.39 is 0 Å². The largest absolute Gasteiger partial charge is 0.463 e. The lowest BCUT2D eigenvalue weighted by atomic mass is 10.2. The highest BCUT2D eigenvalue weighted by atomic mass is 32.2. The van der Waals surface area contributed by atoms with E-state index in [1.807, 2.05) is 16.7 Å². The van der Waals surface area contributed by atoms with E-state index in [0.29, 0.717) is 32.9 Å². The molecule has 5 nitrogen and oxygen atoms in total. The summed E-state index contributed by atoms with van der Waals surface area (Å²) in [5, 5.41) is 0. The number of esters is 1. The quantitative estimate of drug-likeness (QED) is 0.484. The monoisotopic (exact) mass is 321 g/mol. The van der Waals surface area contributed by atoms with Crippen molar-refractivity contribution in [3.63, 3.8) is 0 Å². The van der Waals surface area contributed by atoms with Crippen LogP contribution in [-0.4, -0.2) is 75.0 Å². The Balaban J connectivity index is 4.10. The lowest BCUT2D eigenvalue weighted by molar-refractivity contribution is -0.145. The van der Waals surface area contributed by atoms with Gasteiger partial charge >= 0.3 is 5.97 Å². The van der Waals surface area contributed by atoms with Crippen molar-refractivity contribution in [3.8, 4) is 0 Å². The Bertz CT molecular complexity index is 266. The fraction of sp³-hybridized carbons (Fsp3) is 0.933. The van der Waals surface area contributed by atoms with E-state index in [1.54, 1.807) is 14.2 Å². The third kappa shape index (κ3) is 12.0. The van der Waals surface area contributed by atoms with E-state index in [1.165, 1.54) is 0 Å². The number of hydrogen-bond acceptors (Lipinski definition) is 6. The highest BCUT2D eigenvalue weighted by Crippen LogP contribution is 2.25. The van der Waals surface area contributed by atoms with Gasteiger partial charge in [0.2, 0.25) is 0 Å². The van der Waals surface area contributed by atoms with Crippen molar-refractivity contribution in [2.75, 3.05) is 59.4 Å². The number of ether oxygens (including phenoxy) is 3. The standard InChI is InChI=1S/C15H31NO4S/c1-6-11-21-15(2,3)13-20-14(17)12-16(7-9-18-4)8-10-19-5/h6-13H2,1-5H3. The molecule has 0 unspecified atom stereocenters. The summed E-state index contributed by atoms with van der Waals surface area (Å²) < 4.78 is 15.5. The summed E-state index contributed by atoms with van der Waals surface area (Å²) in [5.74, 6) is 0.894. The topological polar surface area (TPSA) is 48.0 Å². The van der Waals surface area contributed by atoms with Crippen molar-refractivity contribution in [3.05, 3.63) is 0 Å². The van der Waals surface area contributed by atoms with Crippen molar-refractivity contribution >= 4 is 17.7 Å². The normalized spacial score (nSPS) is 11.9. The molecule has 0 aromatic heterocycles. The first-order valence-corrected chi connectivity index (χ1v) is 8.43. The first kappa shape index (κ1) is 20.7. The van der Waals surface area contributed by atoms with Gasteiger partial charge in [-0.25, -0.2) is 0 Å². The van der Waals surface area contributed by atoms with Crippen LogP contribution in [0.5, 0.6) is 0 Å². The van der Waals surface area contributed by atoms with Gasteiger partial charge in [-0.2, -0.15) is 11.8 Å². The second-order valence-corrected chi connectivity index (χ2v) is 7.33. The lowest BCUT2D eigenvalue weighted by Gasteiger charge is -2.25. The van der Waals surface area contributed by atoms with Gasteiger partial charge in [-0.05, 0) is 26.0 Å². The summed E-state index contributed by atoms with van der Waals surface area (Å²) in [6, 6.07) is 0. The van der Waals surface area contributed by atoms with Gasteiger partial charge in [0.25, 0.3) is 0 Å². The number of thioether (sulfide) groups is 1. The van der Waals surface area contributed by atoms with Crippen molar-refractivity contribution in [1.82, 2.24) is 4.90 Å². The van der Waals surface area contributed by atoms with E-state index in [2.05, 4.69) is 20.8 Å². The van der Waals surface area contributed by atoms with E-state index in [0.717, 1.165) is 12.2 Å². The van der Waals surface area contributed by atoms with Crippen molar-refractivity contribution in [1.29, 1.82) is 0 Å². The average Bonchev–Trinajstić information content (AvgIpc) is 2.46. The zero-order chi connectivity index (χ0) is 16.1. The number of hydrogen-bond donors (Lipinski definition) is 0. The maximum Gasteiger partial charge on any atom is 0.320 e. The van der Waals surface area contributed by atoms with Crippen LogP contribution in [0.1, 0.15) is 27.2 Å². The highest BCUT2D eigenvalue weighted by molar-refractivity contribution is 8.00. The second kappa shape index (κ2) is 12.3. The fourth-order valence-corrected chi connectivity index (χ4v) is 2.51. The first-order chi connectivity index (χ1) is 9.95. The van der Waals surface area contributed by atoms with Gasteiger partial charge in [-0.3, -0.25) is 9.69 Å². The predicted molar refractivity (Wildman–Crippen MR) is 88.0 cm³/mol. The molecule has 0 heterocycles. The minimum absolute atomic E-state index is 0.0322. The van der Waals surface area contributed by atoms with E-state index >= 15 is 0 Å².